The molecule has 1 aromatic heterocycles. The molecule has 0 fully saturated rings. The Morgan fingerprint density at radius 3 is 2.74 bits per heavy atom. The van der Waals surface area contributed by atoms with Crippen molar-refractivity contribution >= 4 is 27.7 Å². The lowest BCUT2D eigenvalue weighted by Crippen LogP contribution is -2.26. The normalized spacial score (nSPS) is 14.3. The maximum atomic E-state index is 6.27. The number of benzene rings is 1. The van der Waals surface area contributed by atoms with E-state index in [1.165, 1.54) is 5.56 Å². The number of nitrogens with zero attached hydrogens (tertiary/aromatic N) is 2. The van der Waals surface area contributed by atoms with Crippen LogP contribution in [0.5, 0.6) is 0 Å². The first-order valence-electron chi connectivity index (χ1n) is 6.17. The van der Waals surface area contributed by atoms with Gasteiger partial charge in [-0.2, -0.15) is 0 Å². The molecule has 4 nitrogen and oxygen atoms in total. The van der Waals surface area contributed by atoms with Crippen molar-refractivity contribution in [1.82, 2.24) is 15.2 Å². The van der Waals surface area contributed by atoms with Gasteiger partial charge in [-0.25, -0.2) is 4.98 Å². The number of rotatable bonds is 5. The van der Waals surface area contributed by atoms with E-state index in [0.717, 1.165) is 21.9 Å². The lowest BCUT2D eigenvalue weighted by atomic mass is 10.0. The first kappa shape index (κ1) is 14.6. The lowest BCUT2D eigenvalue weighted by molar-refractivity contribution is 0.631. The van der Waals surface area contributed by atoms with E-state index < -0.39 is 0 Å². The van der Waals surface area contributed by atoms with Crippen molar-refractivity contribution in [3.05, 3.63) is 40.1 Å². The Morgan fingerprint density at radius 1 is 1.42 bits per heavy atom. The highest BCUT2D eigenvalue weighted by Gasteiger charge is 2.23. The van der Waals surface area contributed by atoms with E-state index in [1.807, 2.05) is 25.1 Å². The number of hydrogen-bond donors (Lipinski definition) is 2. The minimum atomic E-state index is 0.0579. The number of nitrogens with two attached hydrogens (primary N) is 1. The maximum absolute atomic E-state index is 6.27. The summed E-state index contributed by atoms with van der Waals surface area (Å²) in [5.41, 5.74) is 7.45. The molecule has 6 heteroatoms. The summed E-state index contributed by atoms with van der Waals surface area (Å²) in [5.74, 6) is 0.818. The third-order valence-corrected chi connectivity index (χ3v) is 4.85. The van der Waals surface area contributed by atoms with Gasteiger partial charge in [-0.1, -0.05) is 52.8 Å². The second kappa shape index (κ2) is 6.54. The molecule has 0 aliphatic heterocycles. The predicted molar refractivity (Wildman–Crippen MR) is 82.1 cm³/mol. The highest BCUT2D eigenvalue weighted by molar-refractivity contribution is 9.10. The summed E-state index contributed by atoms with van der Waals surface area (Å²) in [6.45, 7) is 3.99. The van der Waals surface area contributed by atoms with E-state index in [2.05, 4.69) is 44.1 Å². The van der Waals surface area contributed by atoms with Gasteiger partial charge in [0.05, 0.1) is 5.25 Å². The molecule has 19 heavy (non-hydrogen) atoms. The second-order valence-electron chi connectivity index (χ2n) is 4.34. The number of halogens is 1. The molecule has 0 radical (unpaired) electrons. The highest BCUT2D eigenvalue weighted by atomic mass is 79.9. The van der Waals surface area contributed by atoms with Crippen LogP contribution < -0.4 is 5.73 Å². The van der Waals surface area contributed by atoms with E-state index >= 15 is 0 Å². The number of aryl methyl sites for hydroxylation is 1. The Hall–Kier alpha value is -0.850. The fourth-order valence-electron chi connectivity index (χ4n) is 1.79. The topological polar surface area (TPSA) is 67.6 Å². The van der Waals surface area contributed by atoms with Crippen molar-refractivity contribution < 1.29 is 0 Å². The highest BCUT2D eigenvalue weighted by Crippen LogP contribution is 2.39. The Balaban J connectivity index is 2.29. The van der Waals surface area contributed by atoms with Crippen molar-refractivity contribution in [1.29, 1.82) is 0 Å². The fraction of sp³-hybridized carbons (Fsp3) is 0.385. The molecular weight excluding hydrogens is 324 g/mol. The summed E-state index contributed by atoms with van der Waals surface area (Å²) in [4.78, 5) is 4.35. The summed E-state index contributed by atoms with van der Waals surface area (Å²) >= 11 is 5.20. The van der Waals surface area contributed by atoms with Crippen molar-refractivity contribution in [3.63, 3.8) is 0 Å². The Kier molecular flexibility index (Phi) is 5.01. The molecule has 0 aliphatic rings. The Morgan fingerprint density at radius 2 is 2.16 bits per heavy atom. The number of aromatic nitrogens is 3. The molecule has 0 saturated heterocycles. The molecule has 2 unspecified atom stereocenters. The standard InChI is InChI=1S/C13H17BrN4S/c1-3-11(15)12(9-6-4-5-7-10(9)14)19-13-16-8(2)17-18-13/h4-7,11-12H,3,15H2,1-2H3,(H,16,17,18). The van der Waals surface area contributed by atoms with Crippen molar-refractivity contribution in [2.24, 2.45) is 5.73 Å². The average Bonchev–Trinajstić information content (AvgIpc) is 2.82. The van der Waals surface area contributed by atoms with Crippen LogP contribution in [0.1, 0.15) is 30.0 Å². The molecule has 0 bridgehead atoms. The van der Waals surface area contributed by atoms with Crippen LogP contribution in [0, 0.1) is 6.92 Å². The minimum absolute atomic E-state index is 0.0579. The summed E-state index contributed by atoms with van der Waals surface area (Å²) in [5, 5.41) is 7.92. The molecule has 0 saturated carbocycles. The number of nitrogens with one attached hydrogen (secondary N) is 1. The van der Waals surface area contributed by atoms with Gasteiger partial charge >= 0.3 is 0 Å². The van der Waals surface area contributed by atoms with Gasteiger partial charge in [0, 0.05) is 10.5 Å². The van der Waals surface area contributed by atoms with Gasteiger partial charge < -0.3 is 5.73 Å². The van der Waals surface area contributed by atoms with Crippen LogP contribution in [0.4, 0.5) is 0 Å². The number of H-pyrrole nitrogens is 1. The molecule has 1 heterocycles. The van der Waals surface area contributed by atoms with Gasteiger partial charge in [0.2, 0.25) is 5.16 Å². The van der Waals surface area contributed by atoms with Crippen LogP contribution in [0.3, 0.4) is 0 Å². The second-order valence-corrected chi connectivity index (χ2v) is 6.30. The minimum Gasteiger partial charge on any atom is -0.326 e. The molecule has 0 aliphatic carbocycles. The SMILES string of the molecule is CCC(N)C(Sc1n[nH]c(C)n1)c1ccccc1Br. The lowest BCUT2D eigenvalue weighted by Gasteiger charge is -2.22. The molecule has 2 aromatic rings. The molecule has 3 N–H and O–H groups in total. The number of hydrogen-bond acceptors (Lipinski definition) is 4. The zero-order valence-corrected chi connectivity index (χ0v) is 13.3. The quantitative estimate of drug-likeness (QED) is 0.818. The molecule has 2 rings (SSSR count). The van der Waals surface area contributed by atoms with E-state index in [-0.39, 0.29) is 11.3 Å². The first-order chi connectivity index (χ1) is 9.11. The van der Waals surface area contributed by atoms with Gasteiger partial charge in [0.15, 0.2) is 0 Å². The van der Waals surface area contributed by atoms with Crippen molar-refractivity contribution in [2.75, 3.05) is 0 Å². The van der Waals surface area contributed by atoms with Crippen LogP contribution >= 0.6 is 27.7 Å². The van der Waals surface area contributed by atoms with E-state index in [9.17, 15) is 0 Å². The number of aromatic amines is 1. The van der Waals surface area contributed by atoms with Crippen LogP contribution in [0.25, 0.3) is 0 Å². The fourth-order valence-corrected chi connectivity index (χ4v) is 3.69. The largest absolute Gasteiger partial charge is 0.326 e. The molecule has 1 aromatic carbocycles. The van der Waals surface area contributed by atoms with Crippen LogP contribution in [0.2, 0.25) is 0 Å². The third kappa shape index (κ3) is 3.58. The summed E-state index contributed by atoms with van der Waals surface area (Å²) in [6.07, 6.45) is 0.905. The van der Waals surface area contributed by atoms with Gasteiger partial charge in [-0.3, -0.25) is 5.10 Å². The van der Waals surface area contributed by atoms with Crippen LogP contribution in [-0.2, 0) is 0 Å². The first-order valence-corrected chi connectivity index (χ1v) is 7.84. The average molecular weight is 341 g/mol. The molecule has 0 amide bonds. The monoisotopic (exact) mass is 340 g/mol. The predicted octanol–water partition coefficient (Wildman–Crippen LogP) is 3.45. The van der Waals surface area contributed by atoms with Crippen molar-refractivity contribution in [3.8, 4) is 0 Å². The Labute approximate surface area is 125 Å². The summed E-state index contributed by atoms with van der Waals surface area (Å²) in [7, 11) is 0. The molecule has 2 atom stereocenters. The summed E-state index contributed by atoms with van der Waals surface area (Å²) < 4.78 is 1.07. The van der Waals surface area contributed by atoms with E-state index in [4.69, 9.17) is 5.73 Å². The van der Waals surface area contributed by atoms with Crippen LogP contribution in [-0.4, -0.2) is 21.2 Å². The Bertz CT molecular complexity index is 543. The van der Waals surface area contributed by atoms with Gasteiger partial charge in [0.25, 0.3) is 0 Å². The van der Waals surface area contributed by atoms with Gasteiger partial charge in [-0.05, 0) is 25.0 Å². The van der Waals surface area contributed by atoms with Crippen molar-refractivity contribution in [2.45, 2.75) is 36.7 Å². The van der Waals surface area contributed by atoms with Crippen LogP contribution in [0.15, 0.2) is 33.9 Å². The zero-order chi connectivity index (χ0) is 13.8. The van der Waals surface area contributed by atoms with E-state index in [1.54, 1.807) is 11.8 Å². The molecular formula is C13H17BrN4S. The zero-order valence-electron chi connectivity index (χ0n) is 10.9. The van der Waals surface area contributed by atoms with Gasteiger partial charge in [0.1, 0.15) is 5.82 Å². The maximum Gasteiger partial charge on any atom is 0.209 e. The molecule has 0 spiro atoms. The smallest absolute Gasteiger partial charge is 0.209 e. The van der Waals surface area contributed by atoms with E-state index in [0.29, 0.717) is 0 Å². The van der Waals surface area contributed by atoms with Gasteiger partial charge in [-0.15, -0.1) is 5.10 Å². The third-order valence-electron chi connectivity index (χ3n) is 2.88. The molecule has 102 valence electrons. The number of thioether (sulfide) groups is 1. The summed E-state index contributed by atoms with van der Waals surface area (Å²) in [6, 6.07) is 8.22.